The van der Waals surface area contributed by atoms with E-state index in [9.17, 15) is 0 Å². The van der Waals surface area contributed by atoms with Crippen molar-refractivity contribution in [2.24, 2.45) is 0 Å². The number of para-hydroxylation sites is 1. The van der Waals surface area contributed by atoms with Crippen molar-refractivity contribution in [3.63, 3.8) is 0 Å². The second-order valence-corrected chi connectivity index (χ2v) is 16.3. The van der Waals surface area contributed by atoms with Gasteiger partial charge < -0.3 is 4.42 Å². The van der Waals surface area contributed by atoms with Crippen LogP contribution in [0.4, 0.5) is 0 Å². The Bertz CT molecular complexity index is 3390. The van der Waals surface area contributed by atoms with Gasteiger partial charge in [0.15, 0.2) is 34.9 Å². The molecule has 0 radical (unpaired) electrons. The van der Waals surface area contributed by atoms with E-state index in [0.29, 0.717) is 40.5 Å². The molecular formula is C57H40N6O. The van der Waals surface area contributed by atoms with Gasteiger partial charge in [-0.15, -0.1) is 0 Å². The number of fused-ring (bicyclic) bond motifs is 3. The predicted molar refractivity (Wildman–Crippen MR) is 257 cm³/mol. The first-order valence-electron chi connectivity index (χ1n) is 21.4. The Kier molecular flexibility index (Phi) is 9.70. The molecular weight excluding hydrogens is 785 g/mol. The first-order chi connectivity index (χ1) is 31.5. The van der Waals surface area contributed by atoms with Gasteiger partial charge in [-0.3, -0.25) is 0 Å². The molecule has 7 nitrogen and oxygen atoms in total. The number of furan rings is 1. The highest BCUT2D eigenvalue weighted by Gasteiger charge is 2.25. The topological polar surface area (TPSA) is 90.5 Å². The van der Waals surface area contributed by atoms with Gasteiger partial charge in [0.25, 0.3) is 0 Å². The van der Waals surface area contributed by atoms with Gasteiger partial charge in [-0.05, 0) is 40.5 Å². The Morgan fingerprint density at radius 2 is 0.734 bits per heavy atom. The van der Waals surface area contributed by atoms with E-state index in [1.54, 1.807) is 0 Å². The predicted octanol–water partition coefficient (Wildman–Crippen LogP) is 14.0. The standard InChI is InChI=1S/C57H40N6O/c1-57(2,43-25-13-6-14-26-43)44-27-15-24-42(36-44)55-61-53(40-22-11-5-12-23-40)62-56(63-55)47-30-16-29-46-49-45(28-17-31-48(49)64-50(46)47)37-32-34-41(35-33-37)54-59-51(38-18-7-3-8-19-38)58-52(60-54)39-20-9-4-10-21-39/h3-36H,1-2H3. The molecule has 0 aliphatic rings. The van der Waals surface area contributed by atoms with Gasteiger partial charge in [0.2, 0.25) is 0 Å². The van der Waals surface area contributed by atoms with E-state index >= 15 is 0 Å². The van der Waals surface area contributed by atoms with E-state index in [-0.39, 0.29) is 5.41 Å². The van der Waals surface area contributed by atoms with Gasteiger partial charge in [0, 0.05) is 44.0 Å². The lowest BCUT2D eigenvalue weighted by Gasteiger charge is -2.26. The van der Waals surface area contributed by atoms with Crippen molar-refractivity contribution in [2.75, 3.05) is 0 Å². The zero-order valence-corrected chi connectivity index (χ0v) is 35.2. The molecule has 0 spiro atoms. The van der Waals surface area contributed by atoms with Crippen LogP contribution in [0.2, 0.25) is 0 Å². The summed E-state index contributed by atoms with van der Waals surface area (Å²) in [5.41, 5.74) is 11.1. The fourth-order valence-electron chi connectivity index (χ4n) is 8.41. The summed E-state index contributed by atoms with van der Waals surface area (Å²) in [6, 6.07) is 70.0. The monoisotopic (exact) mass is 824 g/mol. The van der Waals surface area contributed by atoms with Gasteiger partial charge in [0.05, 0.1) is 5.56 Å². The van der Waals surface area contributed by atoms with Gasteiger partial charge in [-0.2, -0.15) is 0 Å². The quantitative estimate of drug-likeness (QED) is 0.143. The van der Waals surface area contributed by atoms with Crippen LogP contribution in [0.5, 0.6) is 0 Å². The average Bonchev–Trinajstić information content (AvgIpc) is 3.77. The van der Waals surface area contributed by atoms with E-state index in [1.807, 2.05) is 109 Å². The Morgan fingerprint density at radius 1 is 0.328 bits per heavy atom. The van der Waals surface area contributed by atoms with Crippen LogP contribution in [0.15, 0.2) is 211 Å². The molecule has 0 saturated carbocycles. The number of hydrogen-bond donors (Lipinski definition) is 0. The average molecular weight is 825 g/mol. The molecule has 3 aromatic heterocycles. The van der Waals surface area contributed by atoms with E-state index in [2.05, 4.69) is 111 Å². The Balaban J connectivity index is 1.00. The van der Waals surface area contributed by atoms with Crippen molar-refractivity contribution in [2.45, 2.75) is 19.3 Å². The van der Waals surface area contributed by atoms with Gasteiger partial charge >= 0.3 is 0 Å². The smallest absolute Gasteiger partial charge is 0.167 e. The van der Waals surface area contributed by atoms with Crippen LogP contribution < -0.4 is 0 Å². The normalized spacial score (nSPS) is 11.6. The van der Waals surface area contributed by atoms with E-state index in [1.165, 1.54) is 11.1 Å². The minimum Gasteiger partial charge on any atom is -0.455 e. The van der Waals surface area contributed by atoms with Gasteiger partial charge in [0.1, 0.15) is 11.2 Å². The highest BCUT2D eigenvalue weighted by atomic mass is 16.3. The fourth-order valence-corrected chi connectivity index (χ4v) is 8.41. The molecule has 0 fully saturated rings. The molecule has 0 atom stereocenters. The van der Waals surface area contributed by atoms with Gasteiger partial charge in [-0.1, -0.05) is 202 Å². The Labute approximate surface area is 370 Å². The summed E-state index contributed by atoms with van der Waals surface area (Å²) < 4.78 is 6.78. The maximum atomic E-state index is 6.78. The van der Waals surface area contributed by atoms with Crippen molar-refractivity contribution < 1.29 is 4.42 Å². The first kappa shape index (κ1) is 38.5. The fraction of sp³-hybridized carbons (Fsp3) is 0.0526. The molecule has 0 amide bonds. The minimum atomic E-state index is -0.238. The minimum absolute atomic E-state index is 0.238. The summed E-state index contributed by atoms with van der Waals surface area (Å²) in [5.74, 6) is 3.57. The molecule has 0 N–H and O–H groups in total. The number of hydrogen-bond acceptors (Lipinski definition) is 7. The lowest BCUT2D eigenvalue weighted by atomic mass is 9.78. The van der Waals surface area contributed by atoms with Crippen LogP contribution in [-0.4, -0.2) is 29.9 Å². The summed E-state index contributed by atoms with van der Waals surface area (Å²) in [7, 11) is 0. The molecule has 0 aliphatic carbocycles. The molecule has 11 aromatic rings. The van der Waals surface area contributed by atoms with Crippen molar-refractivity contribution in [1.29, 1.82) is 0 Å². The maximum absolute atomic E-state index is 6.78. The third-order valence-electron chi connectivity index (χ3n) is 11.9. The zero-order chi connectivity index (χ0) is 43.0. The molecule has 11 rings (SSSR count). The van der Waals surface area contributed by atoms with Crippen LogP contribution in [0, 0.1) is 0 Å². The maximum Gasteiger partial charge on any atom is 0.167 e. The molecule has 3 heterocycles. The number of benzene rings is 8. The molecule has 64 heavy (non-hydrogen) atoms. The molecule has 304 valence electrons. The molecule has 0 aliphatic heterocycles. The summed E-state index contributed by atoms with van der Waals surface area (Å²) in [6.45, 7) is 4.50. The summed E-state index contributed by atoms with van der Waals surface area (Å²) >= 11 is 0. The number of rotatable bonds is 9. The lowest BCUT2D eigenvalue weighted by molar-refractivity contribution is 0.641. The van der Waals surface area contributed by atoms with Crippen molar-refractivity contribution >= 4 is 21.9 Å². The van der Waals surface area contributed by atoms with Crippen molar-refractivity contribution in [3.05, 3.63) is 217 Å². The lowest BCUT2D eigenvalue weighted by Crippen LogP contribution is -2.18. The van der Waals surface area contributed by atoms with Crippen molar-refractivity contribution in [3.8, 4) is 79.5 Å². The third-order valence-corrected chi connectivity index (χ3v) is 11.9. The highest BCUT2D eigenvalue weighted by Crippen LogP contribution is 2.41. The molecule has 0 bridgehead atoms. The van der Waals surface area contributed by atoms with Gasteiger partial charge in [-0.25, -0.2) is 29.9 Å². The van der Waals surface area contributed by atoms with Crippen LogP contribution in [0.1, 0.15) is 25.0 Å². The second-order valence-electron chi connectivity index (χ2n) is 16.3. The number of aromatic nitrogens is 6. The van der Waals surface area contributed by atoms with Crippen LogP contribution in [0.3, 0.4) is 0 Å². The Hall–Kier alpha value is -8.42. The Morgan fingerprint density at radius 3 is 1.30 bits per heavy atom. The first-order valence-corrected chi connectivity index (χ1v) is 21.4. The SMILES string of the molecule is CC(C)(c1ccccc1)c1cccc(-c2nc(-c3ccccc3)nc(-c3cccc4c3oc3cccc(-c5ccc(-c6nc(-c7ccccc7)nc(-c7ccccc7)n6)cc5)c34)n2)c1. The highest BCUT2D eigenvalue weighted by molar-refractivity contribution is 6.15. The summed E-state index contributed by atoms with van der Waals surface area (Å²) in [5, 5.41) is 1.98. The largest absolute Gasteiger partial charge is 0.455 e. The van der Waals surface area contributed by atoms with Crippen LogP contribution >= 0.6 is 0 Å². The van der Waals surface area contributed by atoms with E-state index in [0.717, 1.165) is 60.9 Å². The summed E-state index contributed by atoms with van der Waals surface area (Å²) in [6.07, 6.45) is 0. The van der Waals surface area contributed by atoms with E-state index in [4.69, 9.17) is 34.3 Å². The molecule has 0 unspecified atom stereocenters. The molecule has 0 saturated heterocycles. The third kappa shape index (κ3) is 7.19. The van der Waals surface area contributed by atoms with Crippen molar-refractivity contribution in [1.82, 2.24) is 29.9 Å². The van der Waals surface area contributed by atoms with E-state index < -0.39 is 0 Å². The zero-order valence-electron chi connectivity index (χ0n) is 35.2. The molecule has 8 aromatic carbocycles. The molecule has 7 heteroatoms. The second kappa shape index (κ2) is 16.1. The number of nitrogens with zero attached hydrogens (tertiary/aromatic N) is 6. The van der Waals surface area contributed by atoms with Crippen LogP contribution in [-0.2, 0) is 5.41 Å². The summed E-state index contributed by atoms with van der Waals surface area (Å²) in [4.78, 5) is 30.1. The van der Waals surface area contributed by atoms with Crippen LogP contribution in [0.25, 0.3) is 101 Å².